The van der Waals surface area contributed by atoms with E-state index in [0.29, 0.717) is 13.1 Å². The average Bonchev–Trinajstić information content (AvgIpc) is 2.01. The van der Waals surface area contributed by atoms with E-state index in [4.69, 9.17) is 33.4 Å². The van der Waals surface area contributed by atoms with Crippen LogP contribution >= 0.6 is 23.2 Å². The van der Waals surface area contributed by atoms with Crippen LogP contribution in [-0.2, 0) is 4.79 Å². The third-order valence-electron chi connectivity index (χ3n) is 1.87. The Morgan fingerprint density at radius 1 is 1.27 bits per heavy atom. The number of aliphatic carboxylic acids is 1. The first kappa shape index (κ1) is 15.0. The molecule has 0 aromatic carbocycles. The first-order chi connectivity index (χ1) is 6.88. The fourth-order valence-electron chi connectivity index (χ4n) is 1.33. The maximum atomic E-state index is 10.8. The lowest BCUT2D eigenvalue weighted by Gasteiger charge is -2.29. The maximum Gasteiger partial charge on any atom is 0.323 e. The molecule has 0 aromatic rings. The van der Waals surface area contributed by atoms with E-state index < -0.39 is 18.6 Å². The zero-order valence-electron chi connectivity index (χ0n) is 8.86. The Morgan fingerprint density at radius 3 is 1.87 bits per heavy atom. The molecule has 0 spiro atoms. The van der Waals surface area contributed by atoms with Crippen molar-refractivity contribution in [2.75, 3.05) is 19.7 Å². The fraction of sp³-hybridized carbons (Fsp3) is 0.889. The van der Waals surface area contributed by atoms with Crippen LogP contribution in [0.5, 0.6) is 0 Å². The number of aliphatic hydroxyl groups is 1. The summed E-state index contributed by atoms with van der Waals surface area (Å²) in [6, 6.07) is -0.938. The number of rotatable bonds is 7. The molecule has 0 aliphatic heterocycles. The zero-order chi connectivity index (χ0) is 12.0. The van der Waals surface area contributed by atoms with Crippen LogP contribution in [0.25, 0.3) is 0 Å². The minimum Gasteiger partial charge on any atom is -0.480 e. The van der Waals surface area contributed by atoms with Gasteiger partial charge in [-0.05, 0) is 13.8 Å². The number of hydrogen-bond acceptors (Lipinski definition) is 3. The van der Waals surface area contributed by atoms with E-state index in [1.165, 1.54) is 0 Å². The number of halogens is 2. The van der Waals surface area contributed by atoms with Crippen molar-refractivity contribution in [2.24, 2.45) is 0 Å². The number of carbonyl (C=O) groups is 1. The number of carboxylic acids is 1. The van der Waals surface area contributed by atoms with E-state index >= 15 is 0 Å². The molecule has 0 bridgehead atoms. The Morgan fingerprint density at radius 2 is 1.67 bits per heavy atom. The Hall–Kier alpha value is -0.0300. The minimum absolute atomic E-state index is 0.186. The van der Waals surface area contributed by atoms with E-state index in [-0.39, 0.29) is 10.8 Å². The lowest BCUT2D eigenvalue weighted by Crippen LogP contribution is -2.48. The Bertz CT molecular complexity index is 190. The van der Waals surface area contributed by atoms with E-state index in [0.717, 1.165) is 0 Å². The average molecular weight is 258 g/mol. The van der Waals surface area contributed by atoms with Crippen molar-refractivity contribution in [3.05, 3.63) is 0 Å². The van der Waals surface area contributed by atoms with E-state index in [2.05, 4.69) is 0 Å². The first-order valence-electron chi connectivity index (χ1n) is 4.74. The number of alkyl halides is 2. The smallest absolute Gasteiger partial charge is 0.323 e. The number of nitrogens with zero attached hydrogens (tertiary/aromatic N) is 1. The minimum atomic E-state index is -1.06. The summed E-state index contributed by atoms with van der Waals surface area (Å²) >= 11 is 11.6. The summed E-state index contributed by atoms with van der Waals surface area (Å²) in [6.07, 6.45) is 0. The second-order valence-electron chi connectivity index (χ2n) is 3.55. The molecule has 15 heavy (non-hydrogen) atoms. The van der Waals surface area contributed by atoms with Crippen LogP contribution in [0, 0.1) is 0 Å². The standard InChI is InChI=1S/C9H17Cl2NO3/c1-6(10)3-12(4-7(2)11)8(5-13)9(14)15/h6-8,13H,3-5H2,1-2H3,(H,14,15)/t6?,7?,8-/m0/s1. The molecule has 90 valence electrons. The van der Waals surface area contributed by atoms with E-state index in [1.807, 2.05) is 0 Å². The van der Waals surface area contributed by atoms with Gasteiger partial charge in [-0.15, -0.1) is 23.2 Å². The highest BCUT2D eigenvalue weighted by molar-refractivity contribution is 6.21. The highest BCUT2D eigenvalue weighted by Gasteiger charge is 2.26. The molecule has 2 unspecified atom stereocenters. The lowest BCUT2D eigenvalue weighted by atomic mass is 10.2. The summed E-state index contributed by atoms with van der Waals surface area (Å²) in [4.78, 5) is 12.4. The number of carboxylic acid groups (broad SMARTS) is 1. The predicted molar refractivity (Wildman–Crippen MR) is 60.7 cm³/mol. The van der Waals surface area contributed by atoms with Crippen molar-refractivity contribution in [3.63, 3.8) is 0 Å². The first-order valence-corrected chi connectivity index (χ1v) is 5.61. The molecule has 3 atom stereocenters. The van der Waals surface area contributed by atoms with Gasteiger partial charge in [-0.25, -0.2) is 0 Å². The summed E-state index contributed by atoms with van der Waals surface area (Å²) in [7, 11) is 0. The summed E-state index contributed by atoms with van der Waals surface area (Å²) in [5.74, 6) is -1.06. The van der Waals surface area contributed by atoms with E-state index in [1.54, 1.807) is 18.7 Å². The molecule has 0 saturated carbocycles. The zero-order valence-corrected chi connectivity index (χ0v) is 10.4. The van der Waals surface area contributed by atoms with Crippen molar-refractivity contribution in [3.8, 4) is 0 Å². The number of aliphatic hydroxyl groups excluding tert-OH is 1. The van der Waals surface area contributed by atoms with Gasteiger partial charge in [0.1, 0.15) is 6.04 Å². The molecule has 0 aliphatic rings. The van der Waals surface area contributed by atoms with Gasteiger partial charge in [-0.1, -0.05) is 0 Å². The summed E-state index contributed by atoms with van der Waals surface area (Å²) < 4.78 is 0. The van der Waals surface area contributed by atoms with Gasteiger partial charge in [-0.2, -0.15) is 0 Å². The van der Waals surface area contributed by atoms with Gasteiger partial charge in [-0.3, -0.25) is 9.69 Å². The molecule has 0 saturated heterocycles. The third kappa shape index (κ3) is 6.20. The normalized spacial score (nSPS) is 17.5. The predicted octanol–water partition coefficient (Wildman–Crippen LogP) is 0.989. The van der Waals surface area contributed by atoms with E-state index in [9.17, 15) is 4.79 Å². The van der Waals surface area contributed by atoms with Crippen LogP contribution in [-0.4, -0.2) is 57.6 Å². The Balaban J connectivity index is 4.50. The monoisotopic (exact) mass is 257 g/mol. The summed E-state index contributed by atoms with van der Waals surface area (Å²) in [5.41, 5.74) is 0. The highest BCUT2D eigenvalue weighted by Crippen LogP contribution is 2.08. The second kappa shape index (κ2) is 7.28. The van der Waals surface area contributed by atoms with Gasteiger partial charge >= 0.3 is 5.97 Å². The molecule has 4 nitrogen and oxygen atoms in total. The topological polar surface area (TPSA) is 60.8 Å². The van der Waals surface area contributed by atoms with Crippen molar-refractivity contribution in [1.29, 1.82) is 0 Å². The van der Waals surface area contributed by atoms with Crippen molar-refractivity contribution >= 4 is 29.2 Å². The van der Waals surface area contributed by atoms with Gasteiger partial charge in [0.2, 0.25) is 0 Å². The molecule has 0 aliphatic carbocycles. The van der Waals surface area contributed by atoms with Crippen molar-refractivity contribution in [1.82, 2.24) is 4.90 Å². The molecule has 0 aromatic heterocycles. The molecule has 0 rings (SSSR count). The molecule has 6 heteroatoms. The molecular weight excluding hydrogens is 241 g/mol. The molecular formula is C9H17Cl2NO3. The molecule has 0 heterocycles. The fourth-order valence-corrected chi connectivity index (χ4v) is 1.68. The van der Waals surface area contributed by atoms with Crippen LogP contribution in [0.1, 0.15) is 13.8 Å². The van der Waals surface area contributed by atoms with Gasteiger partial charge in [0.15, 0.2) is 0 Å². The number of hydrogen-bond donors (Lipinski definition) is 2. The largest absolute Gasteiger partial charge is 0.480 e. The molecule has 0 radical (unpaired) electrons. The summed E-state index contributed by atoms with van der Waals surface area (Å²) in [6.45, 7) is 3.86. The van der Waals surface area contributed by atoms with Crippen LogP contribution in [0.2, 0.25) is 0 Å². The van der Waals surface area contributed by atoms with Gasteiger partial charge in [0.05, 0.1) is 6.61 Å². The molecule has 0 fully saturated rings. The molecule has 2 N–H and O–H groups in total. The van der Waals surface area contributed by atoms with Crippen LogP contribution in [0.15, 0.2) is 0 Å². The SMILES string of the molecule is CC(Cl)CN(CC(C)Cl)[C@@H](CO)C(=O)O. The van der Waals surface area contributed by atoms with Crippen LogP contribution < -0.4 is 0 Å². The maximum absolute atomic E-state index is 10.8. The van der Waals surface area contributed by atoms with Gasteiger partial charge in [0.25, 0.3) is 0 Å². The Labute approximate surface area is 99.8 Å². The lowest BCUT2D eigenvalue weighted by molar-refractivity contribution is -0.144. The Kier molecular flexibility index (Phi) is 7.26. The van der Waals surface area contributed by atoms with Crippen molar-refractivity contribution < 1.29 is 15.0 Å². The highest BCUT2D eigenvalue weighted by atomic mass is 35.5. The van der Waals surface area contributed by atoms with Gasteiger partial charge < -0.3 is 10.2 Å². The van der Waals surface area contributed by atoms with Crippen molar-refractivity contribution in [2.45, 2.75) is 30.6 Å². The molecule has 0 amide bonds. The summed E-state index contributed by atoms with van der Waals surface area (Å²) in [5, 5.41) is 17.5. The third-order valence-corrected chi connectivity index (χ3v) is 2.15. The quantitative estimate of drug-likeness (QED) is 0.668. The van der Waals surface area contributed by atoms with Crippen LogP contribution in [0.3, 0.4) is 0 Å². The van der Waals surface area contributed by atoms with Crippen LogP contribution in [0.4, 0.5) is 0 Å². The second-order valence-corrected chi connectivity index (χ2v) is 5.04. The van der Waals surface area contributed by atoms with Gasteiger partial charge in [0, 0.05) is 23.8 Å².